The van der Waals surface area contributed by atoms with Gasteiger partial charge in [-0.05, 0) is 88.3 Å². The third-order valence-electron chi connectivity index (χ3n) is 11.7. The number of hydrogen-bond donors (Lipinski definition) is 2. The summed E-state index contributed by atoms with van der Waals surface area (Å²) in [6.45, 7) is 7.55. The van der Waals surface area contributed by atoms with Gasteiger partial charge in [-0.15, -0.1) is 0 Å². The molecule has 3 aliphatic rings. The van der Waals surface area contributed by atoms with Crippen molar-refractivity contribution in [1.82, 2.24) is 34.1 Å². The summed E-state index contributed by atoms with van der Waals surface area (Å²) in [5.41, 5.74) is 2.18. The molecule has 14 nitrogen and oxygen atoms in total. The molecule has 1 aliphatic carbocycles. The summed E-state index contributed by atoms with van der Waals surface area (Å²) in [5, 5.41) is 11.1. The molecule has 0 radical (unpaired) electrons. The minimum absolute atomic E-state index is 0.122. The Balaban J connectivity index is 0.859. The number of imide groups is 1. The number of aryl methyl sites for hydroxylation is 1. The molecule has 3 aromatic heterocycles. The van der Waals surface area contributed by atoms with Crippen LogP contribution in [-0.2, 0) is 22.3 Å². The fourth-order valence-corrected chi connectivity index (χ4v) is 8.53. The Hall–Kier alpha value is -5.57. The number of alkyl halides is 1. The highest BCUT2D eigenvalue weighted by Gasteiger charge is 2.32. The molecule has 0 bridgehead atoms. The Morgan fingerprint density at radius 3 is 2.46 bits per heavy atom. The van der Waals surface area contributed by atoms with Gasteiger partial charge in [0.05, 0.1) is 41.1 Å². The van der Waals surface area contributed by atoms with Gasteiger partial charge < -0.3 is 15.0 Å². The maximum absolute atomic E-state index is 14.5. The second-order valence-electron chi connectivity index (χ2n) is 15.9. The second-order valence-corrected chi connectivity index (χ2v) is 15.9. The van der Waals surface area contributed by atoms with Crippen molar-refractivity contribution >= 4 is 51.0 Å². The standard InChI is InChI=1S/C41H48FN9O5/c1-41(2,42)36-7-5-6-29(43-36)38(53)44-31-20-26-24-50(46-30(26)22-35(31)56-4)27-10-8-25(9-11-27)23-48-16-18-49(19-17-48)28-12-13-32-34(21-28)47(3)40(55)51(32)33-14-15-37(52)45-39(33)54/h5-7,12-13,20-22,24-25,27,33H,8-11,14-19,23H2,1-4H3,(H,44,53)(H,45,52,54). The van der Waals surface area contributed by atoms with Gasteiger partial charge in [-0.3, -0.25) is 38.4 Å². The van der Waals surface area contributed by atoms with E-state index in [0.29, 0.717) is 29.3 Å². The SMILES string of the molecule is COc1cc2nn(C3CCC(CN4CCN(c5ccc6c(c5)n(C)c(=O)n6C5CCC(=O)NC5=O)CC4)CC3)cc2cc1NC(=O)c1cccc(C(C)(C)F)n1. The number of carbonyl (C=O) groups is 3. The molecule has 1 saturated carbocycles. The summed E-state index contributed by atoms with van der Waals surface area (Å²) >= 11 is 0. The molecular formula is C41H48FN9O5. The number of hydrogen-bond acceptors (Lipinski definition) is 9. The van der Waals surface area contributed by atoms with Crippen molar-refractivity contribution in [3.05, 3.63) is 76.6 Å². The molecule has 2 aromatic carbocycles. The average Bonchev–Trinajstić information content (AvgIpc) is 3.71. The number of nitrogens with one attached hydrogen (secondary N) is 2. The van der Waals surface area contributed by atoms with Crippen LogP contribution in [0.3, 0.4) is 0 Å². The van der Waals surface area contributed by atoms with Crippen molar-refractivity contribution in [2.24, 2.45) is 13.0 Å². The number of ether oxygens (including phenoxy) is 1. The van der Waals surface area contributed by atoms with E-state index in [1.807, 2.05) is 36.5 Å². The lowest BCUT2D eigenvalue weighted by molar-refractivity contribution is -0.135. The number of pyridine rings is 1. The zero-order valence-electron chi connectivity index (χ0n) is 32.3. The van der Waals surface area contributed by atoms with E-state index in [9.17, 15) is 23.6 Å². The largest absolute Gasteiger partial charge is 0.494 e. The first-order valence-electron chi connectivity index (χ1n) is 19.4. The molecule has 56 heavy (non-hydrogen) atoms. The van der Waals surface area contributed by atoms with Crippen LogP contribution in [0.4, 0.5) is 15.8 Å². The van der Waals surface area contributed by atoms with E-state index in [1.165, 1.54) is 18.4 Å². The zero-order valence-corrected chi connectivity index (χ0v) is 32.3. The fraction of sp³-hybridized carbons (Fsp3) is 0.463. The van der Waals surface area contributed by atoms with Crippen molar-refractivity contribution in [3.8, 4) is 5.75 Å². The fourth-order valence-electron chi connectivity index (χ4n) is 8.53. The summed E-state index contributed by atoms with van der Waals surface area (Å²) in [5.74, 6) is -0.0893. The maximum Gasteiger partial charge on any atom is 0.329 e. The number of halogens is 1. The molecule has 2 aliphatic heterocycles. The first kappa shape index (κ1) is 37.4. The van der Waals surface area contributed by atoms with E-state index >= 15 is 0 Å². The first-order valence-corrected chi connectivity index (χ1v) is 19.4. The molecule has 3 amide bonds. The zero-order chi connectivity index (χ0) is 39.3. The van der Waals surface area contributed by atoms with Gasteiger partial charge in [0.15, 0.2) is 0 Å². The number of anilines is 2. The average molecular weight is 766 g/mol. The number of methoxy groups -OCH3 is 1. The van der Waals surface area contributed by atoms with Crippen LogP contribution in [0.25, 0.3) is 21.9 Å². The van der Waals surface area contributed by atoms with Gasteiger partial charge in [-0.2, -0.15) is 5.10 Å². The van der Waals surface area contributed by atoms with Gasteiger partial charge in [-0.1, -0.05) is 6.07 Å². The van der Waals surface area contributed by atoms with Crippen LogP contribution in [0.2, 0.25) is 0 Å². The summed E-state index contributed by atoms with van der Waals surface area (Å²) in [4.78, 5) is 59.8. The normalized spacial score (nSPS) is 21.1. The van der Waals surface area contributed by atoms with Gasteiger partial charge in [0, 0.05) is 69.5 Å². The molecule has 294 valence electrons. The van der Waals surface area contributed by atoms with E-state index in [1.54, 1.807) is 36.9 Å². The van der Waals surface area contributed by atoms with Crippen molar-refractivity contribution in [3.63, 3.8) is 0 Å². The quantitative estimate of drug-likeness (QED) is 0.196. The molecule has 2 N–H and O–H groups in total. The molecule has 15 heteroatoms. The smallest absolute Gasteiger partial charge is 0.329 e. The monoisotopic (exact) mass is 765 g/mol. The summed E-state index contributed by atoms with van der Waals surface area (Å²) < 4.78 is 25.3. The predicted molar refractivity (Wildman–Crippen MR) is 211 cm³/mol. The van der Waals surface area contributed by atoms with Crippen LogP contribution >= 0.6 is 0 Å². The summed E-state index contributed by atoms with van der Waals surface area (Å²) in [6.07, 6.45) is 6.86. The lowest BCUT2D eigenvalue weighted by atomic mass is 9.85. The number of rotatable bonds is 9. The van der Waals surface area contributed by atoms with Crippen molar-refractivity contribution in [2.75, 3.05) is 50.1 Å². The predicted octanol–water partition coefficient (Wildman–Crippen LogP) is 5.08. The summed E-state index contributed by atoms with van der Waals surface area (Å²) in [7, 11) is 3.28. The first-order chi connectivity index (χ1) is 26.9. The molecule has 1 atom stereocenters. The number of benzene rings is 2. The molecule has 2 saturated heterocycles. The van der Waals surface area contributed by atoms with Crippen molar-refractivity contribution < 1.29 is 23.5 Å². The topological polar surface area (TPSA) is 149 Å². The van der Waals surface area contributed by atoms with Crippen LogP contribution < -0.4 is 26.0 Å². The van der Waals surface area contributed by atoms with Crippen LogP contribution in [-0.4, -0.2) is 86.4 Å². The summed E-state index contributed by atoms with van der Waals surface area (Å²) in [6, 6.07) is 14.0. The third-order valence-corrected chi connectivity index (χ3v) is 11.7. The Morgan fingerprint density at radius 1 is 0.982 bits per heavy atom. The molecule has 5 aromatic rings. The number of fused-ring (bicyclic) bond motifs is 2. The third kappa shape index (κ3) is 7.27. The lowest BCUT2D eigenvalue weighted by Crippen LogP contribution is -2.48. The highest BCUT2D eigenvalue weighted by atomic mass is 19.1. The number of aromatic nitrogens is 5. The van der Waals surface area contributed by atoms with E-state index in [4.69, 9.17) is 9.84 Å². The molecule has 0 spiro atoms. The number of amides is 3. The van der Waals surface area contributed by atoms with Crippen LogP contribution in [0.5, 0.6) is 5.75 Å². The lowest BCUT2D eigenvalue weighted by Gasteiger charge is -2.39. The molecule has 8 rings (SSSR count). The molecule has 5 heterocycles. The minimum atomic E-state index is -1.67. The minimum Gasteiger partial charge on any atom is -0.494 e. The molecule has 3 fully saturated rings. The van der Waals surface area contributed by atoms with Crippen molar-refractivity contribution in [2.45, 2.75) is 70.1 Å². The molecule has 1 unspecified atom stereocenters. The van der Waals surface area contributed by atoms with Crippen LogP contribution in [0.1, 0.15) is 80.6 Å². The van der Waals surface area contributed by atoms with Crippen molar-refractivity contribution in [1.29, 1.82) is 0 Å². The van der Waals surface area contributed by atoms with Crippen LogP contribution in [0.15, 0.2) is 59.5 Å². The van der Waals surface area contributed by atoms with E-state index in [2.05, 4.69) is 30.1 Å². The number of piperazine rings is 1. The van der Waals surface area contributed by atoms with E-state index in [0.717, 1.165) is 80.5 Å². The molecular weight excluding hydrogens is 718 g/mol. The highest BCUT2D eigenvalue weighted by molar-refractivity contribution is 6.05. The second kappa shape index (κ2) is 14.8. The Bertz CT molecular complexity index is 2380. The Labute approximate surface area is 323 Å². The van der Waals surface area contributed by atoms with Gasteiger partial charge in [-0.25, -0.2) is 14.2 Å². The number of imidazole rings is 1. The number of carbonyl (C=O) groups excluding carboxylic acids is 3. The van der Waals surface area contributed by atoms with Gasteiger partial charge in [0.2, 0.25) is 11.8 Å². The highest BCUT2D eigenvalue weighted by Crippen LogP contribution is 2.36. The number of piperidine rings is 1. The van der Waals surface area contributed by atoms with E-state index in [-0.39, 0.29) is 35.4 Å². The van der Waals surface area contributed by atoms with Gasteiger partial charge in [0.25, 0.3) is 5.91 Å². The van der Waals surface area contributed by atoms with Gasteiger partial charge in [0.1, 0.15) is 23.2 Å². The van der Waals surface area contributed by atoms with Gasteiger partial charge >= 0.3 is 5.69 Å². The van der Waals surface area contributed by atoms with E-state index < -0.39 is 23.5 Å². The Morgan fingerprint density at radius 2 is 1.75 bits per heavy atom. The Kier molecular flexibility index (Phi) is 9.89. The maximum atomic E-state index is 14.5. The van der Waals surface area contributed by atoms with Crippen LogP contribution in [0, 0.1) is 5.92 Å². The number of nitrogens with zero attached hydrogens (tertiary/aromatic N) is 7.